The van der Waals surface area contributed by atoms with Crippen molar-refractivity contribution in [2.24, 2.45) is 0 Å². The molecule has 29 heavy (non-hydrogen) atoms. The van der Waals surface area contributed by atoms with Crippen molar-refractivity contribution in [2.75, 3.05) is 0 Å². The summed E-state index contributed by atoms with van der Waals surface area (Å²) in [5, 5.41) is 3.68. The van der Waals surface area contributed by atoms with E-state index in [0.717, 1.165) is 8.58 Å². The van der Waals surface area contributed by atoms with Gasteiger partial charge < -0.3 is 0 Å². The summed E-state index contributed by atoms with van der Waals surface area (Å²) in [5.41, 5.74) is 2.20. The molecule has 1 unspecified atom stereocenters. The number of rotatable bonds is 4. The van der Waals surface area contributed by atoms with E-state index in [1.54, 1.807) is 5.56 Å². The van der Waals surface area contributed by atoms with E-state index in [2.05, 4.69) is 97.0 Å². The van der Waals surface area contributed by atoms with Gasteiger partial charge in [-0.15, -0.1) is 18.8 Å². The predicted molar refractivity (Wildman–Crippen MR) is 133 cm³/mol. The van der Waals surface area contributed by atoms with Crippen LogP contribution < -0.4 is 10.6 Å². The molecule has 0 N–H and O–H groups in total. The average Bonchev–Trinajstić information content (AvgIpc) is 3.28. The summed E-state index contributed by atoms with van der Waals surface area (Å²) in [6.07, 6.45) is 0. The van der Waals surface area contributed by atoms with Crippen LogP contribution in [0.1, 0.15) is 59.7 Å². The maximum Gasteiger partial charge on any atom is 2.00 e. The molecule has 0 heterocycles. The van der Waals surface area contributed by atoms with Crippen molar-refractivity contribution in [3.8, 4) is 0 Å². The molecule has 0 aromatic heterocycles. The molecule has 0 amide bonds. The Bertz CT molecular complexity index is 758. The zero-order chi connectivity index (χ0) is 20.8. The van der Waals surface area contributed by atoms with E-state index in [4.69, 9.17) is 0 Å². The zero-order valence-corrected chi connectivity index (χ0v) is 21.9. The molecule has 2 atom stereocenters. The number of hydrogen-bond acceptors (Lipinski definition) is 0. The quantitative estimate of drug-likeness (QED) is 0.211. The minimum atomic E-state index is -0.141. The van der Waals surface area contributed by atoms with E-state index >= 15 is 0 Å². The minimum Gasteiger partial charge on any atom is -0.214 e. The first-order valence-corrected chi connectivity index (χ1v) is 12.6. The van der Waals surface area contributed by atoms with Gasteiger partial charge in [0.2, 0.25) is 0 Å². The van der Waals surface area contributed by atoms with Gasteiger partial charge in [-0.25, -0.2) is 24.3 Å². The maximum absolute atomic E-state index is 2.45. The van der Waals surface area contributed by atoms with Crippen molar-refractivity contribution >= 4 is 27.1 Å². The van der Waals surface area contributed by atoms with E-state index in [9.17, 15) is 0 Å². The van der Waals surface area contributed by atoms with Crippen molar-refractivity contribution in [1.29, 1.82) is 0 Å². The van der Waals surface area contributed by atoms with Crippen molar-refractivity contribution in [3.63, 3.8) is 0 Å². The second kappa shape index (κ2) is 11.6. The van der Waals surface area contributed by atoms with Crippen molar-refractivity contribution in [2.45, 2.75) is 64.4 Å². The SMILES string of the molecule is C[C@@H]([c-]1cccc1Pc1ccccc1)P(C(C)(C)C)C(C)(C)C.[Fe+2].c1cc[cH-]c1. The Morgan fingerprint density at radius 3 is 1.83 bits per heavy atom. The summed E-state index contributed by atoms with van der Waals surface area (Å²) in [6, 6.07) is 27.8. The fourth-order valence-corrected chi connectivity index (χ4v) is 10.5. The molecule has 158 valence electrons. The molecule has 0 bridgehead atoms. The van der Waals surface area contributed by atoms with Crippen LogP contribution in [-0.4, -0.2) is 10.3 Å². The monoisotopic (exact) mass is 466 g/mol. The molecule has 3 aromatic carbocycles. The second-order valence-electron chi connectivity index (χ2n) is 9.24. The van der Waals surface area contributed by atoms with Crippen LogP contribution in [0.25, 0.3) is 0 Å². The first-order valence-electron chi connectivity index (χ1n) is 10.1. The molecule has 0 fully saturated rings. The van der Waals surface area contributed by atoms with Crippen LogP contribution in [0.2, 0.25) is 0 Å². The van der Waals surface area contributed by atoms with E-state index in [-0.39, 0.29) is 25.0 Å². The molecule has 0 spiro atoms. The van der Waals surface area contributed by atoms with Crippen LogP contribution in [0.3, 0.4) is 0 Å². The van der Waals surface area contributed by atoms with Gasteiger partial charge in [-0.3, -0.25) is 0 Å². The summed E-state index contributed by atoms with van der Waals surface area (Å²) in [7, 11) is 0.622. The van der Waals surface area contributed by atoms with Crippen LogP contribution in [0.4, 0.5) is 0 Å². The van der Waals surface area contributed by atoms with E-state index in [1.165, 1.54) is 10.6 Å². The third-order valence-corrected chi connectivity index (χ3v) is 10.0. The van der Waals surface area contributed by atoms with E-state index in [0.29, 0.717) is 16.0 Å². The Labute approximate surface area is 192 Å². The molecular formula is C26H36FeP2. The Balaban J connectivity index is 0.000000610. The van der Waals surface area contributed by atoms with Gasteiger partial charge in [-0.1, -0.05) is 87.4 Å². The topological polar surface area (TPSA) is 0 Å². The number of benzene rings is 1. The van der Waals surface area contributed by atoms with Crippen LogP contribution in [0.5, 0.6) is 0 Å². The van der Waals surface area contributed by atoms with Gasteiger partial charge in [0.25, 0.3) is 0 Å². The van der Waals surface area contributed by atoms with Crippen LogP contribution in [0.15, 0.2) is 78.9 Å². The summed E-state index contributed by atoms with van der Waals surface area (Å²) >= 11 is 0. The maximum atomic E-state index is 2.45. The smallest absolute Gasteiger partial charge is 0.214 e. The molecule has 0 aliphatic carbocycles. The standard InChI is InChI=1S/C21H31P2.C5H5.Fe/c1-16(23(20(2,3)4)21(5,6)7)18-14-11-15-19(18)22-17-12-9-8-10-13-17;1-2-4-5-3-1;/h8-16,22H,1-7H3;1-5H;/q2*-1;+2/t16-;;/m0../s1. The van der Waals surface area contributed by atoms with Gasteiger partial charge in [-0.05, 0) is 21.3 Å². The number of hydrogen-bond donors (Lipinski definition) is 0. The molecule has 0 aliphatic heterocycles. The summed E-state index contributed by atoms with van der Waals surface area (Å²) < 4.78 is 0. The van der Waals surface area contributed by atoms with E-state index in [1.807, 2.05) is 30.3 Å². The first-order chi connectivity index (χ1) is 13.1. The molecule has 0 radical (unpaired) electrons. The fourth-order valence-electron chi connectivity index (χ4n) is 4.22. The first kappa shape index (κ1) is 26.3. The van der Waals surface area contributed by atoms with E-state index < -0.39 is 0 Å². The molecule has 0 nitrogen and oxygen atoms in total. The Kier molecular flexibility index (Phi) is 10.6. The van der Waals surface area contributed by atoms with Gasteiger partial charge in [0.05, 0.1) is 0 Å². The van der Waals surface area contributed by atoms with Crippen LogP contribution in [0, 0.1) is 0 Å². The molecule has 0 saturated heterocycles. The Morgan fingerprint density at radius 2 is 1.38 bits per heavy atom. The molecule has 3 aromatic rings. The summed E-state index contributed by atoms with van der Waals surface area (Å²) in [5.74, 6) is 0. The molecular weight excluding hydrogens is 430 g/mol. The average molecular weight is 466 g/mol. The van der Waals surface area contributed by atoms with Crippen molar-refractivity contribution in [3.05, 3.63) is 84.4 Å². The largest absolute Gasteiger partial charge is 2.00 e. The Hall–Kier alpha value is -0.701. The molecule has 3 rings (SSSR count). The minimum absolute atomic E-state index is 0. The van der Waals surface area contributed by atoms with Gasteiger partial charge in [0.15, 0.2) is 0 Å². The molecule has 0 aliphatic rings. The summed E-state index contributed by atoms with van der Waals surface area (Å²) in [4.78, 5) is 0. The van der Waals surface area contributed by atoms with Crippen LogP contribution in [-0.2, 0) is 17.1 Å². The third kappa shape index (κ3) is 8.15. The van der Waals surface area contributed by atoms with Gasteiger partial charge in [0, 0.05) is 0 Å². The predicted octanol–water partition coefficient (Wildman–Crippen LogP) is 7.58. The van der Waals surface area contributed by atoms with Gasteiger partial charge >= 0.3 is 17.1 Å². The van der Waals surface area contributed by atoms with Crippen molar-refractivity contribution < 1.29 is 17.1 Å². The Morgan fingerprint density at radius 1 is 0.828 bits per heavy atom. The second-order valence-corrected chi connectivity index (χ2v) is 14.8. The van der Waals surface area contributed by atoms with Crippen molar-refractivity contribution in [1.82, 2.24) is 0 Å². The third-order valence-electron chi connectivity index (χ3n) is 4.74. The molecule has 0 saturated carbocycles. The zero-order valence-electron chi connectivity index (χ0n) is 18.9. The normalized spacial score (nSPS) is 13.1. The van der Waals surface area contributed by atoms with Gasteiger partial charge in [0.1, 0.15) is 0 Å². The fraction of sp³-hybridized carbons (Fsp3) is 0.385. The molecule has 3 heteroatoms. The van der Waals surface area contributed by atoms with Gasteiger partial charge in [-0.2, -0.15) is 24.3 Å². The van der Waals surface area contributed by atoms with Crippen LogP contribution >= 0.6 is 16.5 Å². The summed E-state index contributed by atoms with van der Waals surface area (Å²) in [6.45, 7) is 17.0.